The van der Waals surface area contributed by atoms with Crippen molar-refractivity contribution in [2.24, 2.45) is 23.2 Å². The van der Waals surface area contributed by atoms with Crippen molar-refractivity contribution < 1.29 is 14.7 Å². The zero-order chi connectivity index (χ0) is 15.1. The molecule has 5 nitrogen and oxygen atoms in total. The molecular formula is C15H26N2O3. The normalized spacial score (nSPS) is 29.6. The minimum atomic E-state index is -0.841. The van der Waals surface area contributed by atoms with Crippen molar-refractivity contribution in [2.45, 2.75) is 27.7 Å². The van der Waals surface area contributed by atoms with Crippen LogP contribution in [0.4, 0.5) is 0 Å². The van der Waals surface area contributed by atoms with Crippen molar-refractivity contribution in [3.63, 3.8) is 0 Å². The molecule has 1 aliphatic heterocycles. The van der Waals surface area contributed by atoms with E-state index in [9.17, 15) is 9.59 Å². The van der Waals surface area contributed by atoms with Crippen molar-refractivity contribution >= 4 is 11.9 Å². The van der Waals surface area contributed by atoms with Gasteiger partial charge in [0.15, 0.2) is 0 Å². The fraction of sp³-hybridized carbons (Fsp3) is 0.867. The van der Waals surface area contributed by atoms with E-state index in [1.165, 1.54) is 0 Å². The molecule has 1 saturated carbocycles. The summed E-state index contributed by atoms with van der Waals surface area (Å²) in [4.78, 5) is 27.9. The van der Waals surface area contributed by atoms with Gasteiger partial charge in [-0.3, -0.25) is 14.5 Å². The molecule has 5 heteroatoms. The molecule has 1 aliphatic carbocycles. The Bertz CT molecular complexity index is 398. The minimum Gasteiger partial charge on any atom is -0.481 e. The fourth-order valence-corrected chi connectivity index (χ4v) is 3.42. The molecule has 0 radical (unpaired) electrons. The Hall–Kier alpha value is -1.10. The standard InChI is InChI=1S/C15H26N2O3/c1-10(2)9-16-5-7-17(8-6-16)13(18)11-12(14(19)20)15(11,3)4/h10-12H,5-9H2,1-4H3,(H,19,20)/t11-,12+/m1/s1. The third-order valence-corrected chi connectivity index (χ3v) is 4.67. The van der Waals surface area contributed by atoms with Crippen LogP contribution in [0.15, 0.2) is 0 Å². The number of carbonyl (C=O) groups is 2. The van der Waals surface area contributed by atoms with Gasteiger partial charge in [-0.05, 0) is 11.3 Å². The Morgan fingerprint density at radius 2 is 1.70 bits per heavy atom. The average Bonchev–Trinajstić information content (AvgIpc) is 2.92. The van der Waals surface area contributed by atoms with Gasteiger partial charge in [-0.2, -0.15) is 0 Å². The van der Waals surface area contributed by atoms with Crippen LogP contribution in [0.2, 0.25) is 0 Å². The maximum atomic E-state index is 12.5. The Kier molecular flexibility index (Phi) is 4.09. The summed E-state index contributed by atoms with van der Waals surface area (Å²) in [6.07, 6.45) is 0. The molecule has 2 aliphatic rings. The van der Waals surface area contributed by atoms with E-state index in [2.05, 4.69) is 18.7 Å². The van der Waals surface area contributed by atoms with Gasteiger partial charge < -0.3 is 10.0 Å². The topological polar surface area (TPSA) is 60.9 Å². The lowest BCUT2D eigenvalue weighted by Gasteiger charge is -2.35. The van der Waals surface area contributed by atoms with Crippen LogP contribution < -0.4 is 0 Å². The van der Waals surface area contributed by atoms with E-state index in [1.54, 1.807) is 0 Å². The zero-order valence-corrected chi connectivity index (χ0v) is 12.9. The zero-order valence-electron chi connectivity index (χ0n) is 12.9. The van der Waals surface area contributed by atoms with Gasteiger partial charge in [0, 0.05) is 32.7 Å². The molecule has 2 atom stereocenters. The van der Waals surface area contributed by atoms with Crippen LogP contribution in [0.1, 0.15) is 27.7 Å². The lowest BCUT2D eigenvalue weighted by molar-refractivity contribution is -0.142. The predicted octanol–water partition coefficient (Wildman–Crippen LogP) is 1.14. The van der Waals surface area contributed by atoms with Crippen LogP contribution in [0.5, 0.6) is 0 Å². The van der Waals surface area contributed by atoms with Crippen molar-refractivity contribution in [3.8, 4) is 0 Å². The molecule has 20 heavy (non-hydrogen) atoms. The molecule has 0 aromatic carbocycles. The maximum absolute atomic E-state index is 12.5. The molecule has 0 unspecified atom stereocenters. The third-order valence-electron chi connectivity index (χ3n) is 4.67. The predicted molar refractivity (Wildman–Crippen MR) is 76.3 cm³/mol. The molecule has 2 rings (SSSR count). The molecule has 114 valence electrons. The SMILES string of the molecule is CC(C)CN1CCN(C(=O)[C@H]2[C@@H](C(=O)O)C2(C)C)CC1. The van der Waals surface area contributed by atoms with Gasteiger partial charge in [0.2, 0.25) is 5.91 Å². The number of rotatable bonds is 4. The lowest BCUT2D eigenvalue weighted by Crippen LogP contribution is -2.50. The first kappa shape index (κ1) is 15.3. The number of hydrogen-bond acceptors (Lipinski definition) is 3. The number of piperazine rings is 1. The van der Waals surface area contributed by atoms with Crippen molar-refractivity contribution in [1.82, 2.24) is 9.80 Å². The van der Waals surface area contributed by atoms with Crippen LogP contribution in [0, 0.1) is 23.2 Å². The quantitative estimate of drug-likeness (QED) is 0.840. The Morgan fingerprint density at radius 1 is 1.15 bits per heavy atom. The van der Waals surface area contributed by atoms with Crippen LogP contribution in [-0.2, 0) is 9.59 Å². The summed E-state index contributed by atoms with van der Waals surface area (Å²) < 4.78 is 0. The van der Waals surface area contributed by atoms with Crippen LogP contribution in [0.25, 0.3) is 0 Å². The number of aliphatic carboxylic acids is 1. The monoisotopic (exact) mass is 282 g/mol. The highest BCUT2D eigenvalue weighted by Crippen LogP contribution is 2.59. The number of carbonyl (C=O) groups excluding carboxylic acids is 1. The summed E-state index contributed by atoms with van der Waals surface area (Å²) in [5.41, 5.74) is -0.391. The molecule has 2 fully saturated rings. The van der Waals surface area contributed by atoms with E-state index in [4.69, 9.17) is 5.11 Å². The first-order chi connectivity index (χ1) is 9.25. The second-order valence-electron chi connectivity index (χ2n) is 7.13. The number of hydrogen-bond donors (Lipinski definition) is 1. The van der Waals surface area contributed by atoms with E-state index in [0.717, 1.165) is 32.7 Å². The molecule has 1 heterocycles. The summed E-state index contributed by atoms with van der Waals surface area (Å²) in [7, 11) is 0. The lowest BCUT2D eigenvalue weighted by atomic mass is 10.1. The molecule has 1 amide bonds. The number of carboxylic acids is 1. The van der Waals surface area contributed by atoms with Gasteiger partial charge in [-0.25, -0.2) is 0 Å². The number of nitrogens with zero attached hydrogens (tertiary/aromatic N) is 2. The molecule has 0 bridgehead atoms. The van der Waals surface area contributed by atoms with Crippen molar-refractivity contribution in [1.29, 1.82) is 0 Å². The summed E-state index contributed by atoms with van der Waals surface area (Å²) in [6, 6.07) is 0. The van der Waals surface area contributed by atoms with Crippen LogP contribution in [-0.4, -0.2) is 59.5 Å². The summed E-state index contributed by atoms with van der Waals surface area (Å²) in [5.74, 6) is -1.02. The Labute approximate surface area is 120 Å². The molecule has 0 aromatic heterocycles. The summed E-state index contributed by atoms with van der Waals surface area (Å²) >= 11 is 0. The van der Waals surface area contributed by atoms with Gasteiger partial charge in [0.05, 0.1) is 11.8 Å². The summed E-state index contributed by atoms with van der Waals surface area (Å²) in [5, 5.41) is 9.17. The van der Waals surface area contributed by atoms with E-state index in [1.807, 2.05) is 18.7 Å². The first-order valence-corrected chi connectivity index (χ1v) is 7.49. The van der Waals surface area contributed by atoms with Crippen LogP contribution in [0.3, 0.4) is 0 Å². The second-order valence-corrected chi connectivity index (χ2v) is 7.13. The maximum Gasteiger partial charge on any atom is 0.307 e. The van der Waals surface area contributed by atoms with Crippen molar-refractivity contribution in [2.75, 3.05) is 32.7 Å². The van der Waals surface area contributed by atoms with Gasteiger partial charge in [-0.1, -0.05) is 27.7 Å². The summed E-state index contributed by atoms with van der Waals surface area (Å²) in [6.45, 7) is 12.5. The van der Waals surface area contributed by atoms with Gasteiger partial charge in [0.25, 0.3) is 0 Å². The molecule has 1 N–H and O–H groups in total. The first-order valence-electron chi connectivity index (χ1n) is 7.49. The van der Waals surface area contributed by atoms with E-state index < -0.39 is 17.3 Å². The van der Waals surface area contributed by atoms with Crippen molar-refractivity contribution in [3.05, 3.63) is 0 Å². The number of amides is 1. The van der Waals surface area contributed by atoms with Gasteiger partial charge >= 0.3 is 5.97 Å². The molecule has 0 spiro atoms. The highest BCUT2D eigenvalue weighted by Gasteiger charge is 2.66. The van der Waals surface area contributed by atoms with Gasteiger partial charge in [0.1, 0.15) is 0 Å². The van der Waals surface area contributed by atoms with E-state index in [0.29, 0.717) is 5.92 Å². The smallest absolute Gasteiger partial charge is 0.307 e. The van der Waals surface area contributed by atoms with Gasteiger partial charge in [-0.15, -0.1) is 0 Å². The van der Waals surface area contributed by atoms with E-state index >= 15 is 0 Å². The molecular weight excluding hydrogens is 256 g/mol. The molecule has 1 saturated heterocycles. The highest BCUT2D eigenvalue weighted by atomic mass is 16.4. The van der Waals surface area contributed by atoms with E-state index in [-0.39, 0.29) is 11.8 Å². The Balaban J connectivity index is 1.89. The van der Waals surface area contributed by atoms with Crippen LogP contribution >= 0.6 is 0 Å². The Morgan fingerprint density at radius 3 is 2.10 bits per heavy atom. The average molecular weight is 282 g/mol. The molecule has 0 aromatic rings. The minimum absolute atomic E-state index is 0.0339. The number of carboxylic acid groups (broad SMARTS) is 1. The highest BCUT2D eigenvalue weighted by molar-refractivity contribution is 5.91. The largest absolute Gasteiger partial charge is 0.481 e. The fourth-order valence-electron chi connectivity index (χ4n) is 3.42. The second kappa shape index (κ2) is 5.35. The third kappa shape index (κ3) is 2.82.